The Labute approximate surface area is 154 Å². The van der Waals surface area contributed by atoms with Crippen molar-refractivity contribution in [3.05, 3.63) is 63.4 Å². The van der Waals surface area contributed by atoms with Crippen LogP contribution >= 0.6 is 11.3 Å². The first-order chi connectivity index (χ1) is 12.3. The molecule has 1 aromatic carbocycles. The van der Waals surface area contributed by atoms with Gasteiger partial charge >= 0.3 is 0 Å². The maximum absolute atomic E-state index is 12.8. The van der Waals surface area contributed by atoms with Gasteiger partial charge in [-0.3, -0.25) is 9.59 Å². The number of carbonyl (C=O) groups is 1. The highest BCUT2D eigenvalue weighted by Gasteiger charge is 2.22. The van der Waals surface area contributed by atoms with Gasteiger partial charge in [0.1, 0.15) is 5.56 Å². The minimum Gasteiger partial charge on any atom is -0.361 e. The van der Waals surface area contributed by atoms with Crippen molar-refractivity contribution in [1.29, 1.82) is 0 Å². The third-order valence-corrected chi connectivity index (χ3v) is 5.39. The van der Waals surface area contributed by atoms with E-state index in [9.17, 15) is 9.59 Å². The van der Waals surface area contributed by atoms with Gasteiger partial charge in [0.25, 0.3) is 5.91 Å². The fourth-order valence-corrected chi connectivity index (χ4v) is 3.93. The van der Waals surface area contributed by atoms with E-state index in [-0.39, 0.29) is 16.4 Å². The van der Waals surface area contributed by atoms with Gasteiger partial charge in [0.05, 0.1) is 10.2 Å². The van der Waals surface area contributed by atoms with Gasteiger partial charge < -0.3 is 15.3 Å². The predicted octanol–water partition coefficient (Wildman–Crippen LogP) is 4.62. The van der Waals surface area contributed by atoms with E-state index in [0.717, 1.165) is 22.0 Å². The van der Waals surface area contributed by atoms with Crippen molar-refractivity contribution in [2.75, 3.05) is 5.32 Å². The molecule has 0 aliphatic heterocycles. The summed E-state index contributed by atoms with van der Waals surface area (Å²) in [6, 6.07) is 7.84. The van der Waals surface area contributed by atoms with Crippen molar-refractivity contribution in [2.24, 2.45) is 0 Å². The van der Waals surface area contributed by atoms with Crippen LogP contribution in [0.5, 0.6) is 0 Å². The molecule has 3 aromatic heterocycles. The lowest BCUT2D eigenvalue weighted by atomic mass is 9.85. The molecular formula is C20H19N3O2S. The largest absolute Gasteiger partial charge is 0.361 e. The molecule has 3 N–H and O–H groups in total. The number of aromatic amines is 2. The van der Waals surface area contributed by atoms with Crippen LogP contribution in [0, 0.1) is 0 Å². The van der Waals surface area contributed by atoms with Gasteiger partial charge in [-0.1, -0.05) is 20.8 Å². The summed E-state index contributed by atoms with van der Waals surface area (Å²) < 4.78 is 0.563. The smallest absolute Gasteiger partial charge is 0.261 e. The van der Waals surface area contributed by atoms with Gasteiger partial charge in [0.2, 0.25) is 5.43 Å². The van der Waals surface area contributed by atoms with E-state index in [1.165, 1.54) is 17.5 Å². The van der Waals surface area contributed by atoms with Crippen molar-refractivity contribution in [1.82, 2.24) is 9.97 Å². The molecule has 4 aromatic rings. The number of H-pyrrole nitrogens is 2. The van der Waals surface area contributed by atoms with E-state index >= 15 is 0 Å². The SMILES string of the molecule is CC(C)(C)c1cc2cc[nH]c2cc1NC(=O)c1c[nH]c2ccsc2c1=O. The molecular weight excluding hydrogens is 346 g/mol. The van der Waals surface area contributed by atoms with E-state index in [4.69, 9.17) is 0 Å². The topological polar surface area (TPSA) is 77.8 Å². The average molecular weight is 365 g/mol. The summed E-state index contributed by atoms with van der Waals surface area (Å²) in [7, 11) is 0. The zero-order valence-electron chi connectivity index (χ0n) is 14.8. The Morgan fingerprint density at radius 3 is 2.69 bits per heavy atom. The zero-order valence-corrected chi connectivity index (χ0v) is 15.6. The molecule has 0 saturated heterocycles. The summed E-state index contributed by atoms with van der Waals surface area (Å²) in [6.45, 7) is 6.29. The maximum Gasteiger partial charge on any atom is 0.261 e. The van der Waals surface area contributed by atoms with Crippen LogP contribution in [-0.4, -0.2) is 15.9 Å². The van der Waals surface area contributed by atoms with Crippen LogP contribution in [0.4, 0.5) is 5.69 Å². The van der Waals surface area contributed by atoms with Gasteiger partial charge in [-0.2, -0.15) is 0 Å². The molecule has 0 aliphatic rings. The van der Waals surface area contributed by atoms with Crippen molar-refractivity contribution in [3.8, 4) is 0 Å². The number of anilines is 1. The summed E-state index contributed by atoms with van der Waals surface area (Å²) in [4.78, 5) is 31.6. The van der Waals surface area contributed by atoms with Crippen LogP contribution in [0.3, 0.4) is 0 Å². The van der Waals surface area contributed by atoms with Gasteiger partial charge in [-0.05, 0) is 46.0 Å². The van der Waals surface area contributed by atoms with E-state index in [1.807, 2.05) is 29.8 Å². The summed E-state index contributed by atoms with van der Waals surface area (Å²) in [5, 5.41) is 5.86. The molecule has 0 spiro atoms. The summed E-state index contributed by atoms with van der Waals surface area (Å²) in [5.74, 6) is -0.405. The number of amides is 1. The lowest BCUT2D eigenvalue weighted by Gasteiger charge is -2.23. The van der Waals surface area contributed by atoms with Crippen molar-refractivity contribution < 1.29 is 4.79 Å². The number of benzene rings is 1. The van der Waals surface area contributed by atoms with E-state index < -0.39 is 5.91 Å². The number of hydrogen-bond acceptors (Lipinski definition) is 3. The maximum atomic E-state index is 12.8. The number of aromatic nitrogens is 2. The molecule has 26 heavy (non-hydrogen) atoms. The normalized spacial score (nSPS) is 12.0. The van der Waals surface area contributed by atoms with Gasteiger partial charge in [-0.25, -0.2) is 0 Å². The number of pyridine rings is 1. The Morgan fingerprint density at radius 1 is 1.12 bits per heavy atom. The Morgan fingerprint density at radius 2 is 1.92 bits per heavy atom. The van der Waals surface area contributed by atoms with Crippen LogP contribution in [0.1, 0.15) is 36.7 Å². The molecule has 4 rings (SSSR count). The third kappa shape index (κ3) is 2.72. The average Bonchev–Trinajstić information content (AvgIpc) is 3.21. The van der Waals surface area contributed by atoms with Crippen molar-refractivity contribution in [2.45, 2.75) is 26.2 Å². The molecule has 5 nitrogen and oxygen atoms in total. The van der Waals surface area contributed by atoms with Crippen LogP contribution in [0.15, 0.2) is 46.8 Å². The van der Waals surface area contributed by atoms with Crippen LogP contribution < -0.4 is 10.7 Å². The number of carbonyl (C=O) groups excluding carboxylic acids is 1. The second-order valence-electron chi connectivity index (χ2n) is 7.36. The predicted molar refractivity (Wildman–Crippen MR) is 107 cm³/mol. The fourth-order valence-electron chi connectivity index (χ4n) is 3.12. The van der Waals surface area contributed by atoms with E-state index in [0.29, 0.717) is 10.4 Å². The Kier molecular flexibility index (Phi) is 3.73. The molecule has 3 heterocycles. The first-order valence-corrected chi connectivity index (χ1v) is 9.24. The first kappa shape index (κ1) is 16.6. The number of thiophene rings is 1. The molecule has 6 heteroatoms. The molecule has 0 radical (unpaired) electrons. The summed E-state index contributed by atoms with van der Waals surface area (Å²) in [5.41, 5.74) is 3.14. The molecule has 0 atom stereocenters. The second kappa shape index (κ2) is 5.85. The van der Waals surface area contributed by atoms with Crippen molar-refractivity contribution >= 4 is 44.1 Å². The molecule has 0 fully saturated rings. The molecule has 132 valence electrons. The molecule has 0 bridgehead atoms. The third-order valence-electron chi connectivity index (χ3n) is 4.48. The number of hydrogen-bond donors (Lipinski definition) is 3. The number of nitrogens with one attached hydrogen (secondary N) is 3. The number of fused-ring (bicyclic) bond motifs is 2. The molecule has 1 amide bonds. The van der Waals surface area contributed by atoms with Crippen LogP contribution in [-0.2, 0) is 5.41 Å². The number of rotatable bonds is 2. The van der Waals surface area contributed by atoms with Crippen LogP contribution in [0.25, 0.3) is 21.1 Å². The highest BCUT2D eigenvalue weighted by atomic mass is 32.1. The highest BCUT2D eigenvalue weighted by molar-refractivity contribution is 7.17. The molecule has 0 unspecified atom stereocenters. The summed E-state index contributed by atoms with van der Waals surface area (Å²) >= 11 is 1.33. The van der Waals surface area contributed by atoms with Crippen LogP contribution in [0.2, 0.25) is 0 Å². The monoisotopic (exact) mass is 365 g/mol. The highest BCUT2D eigenvalue weighted by Crippen LogP contribution is 2.33. The Hall–Kier alpha value is -2.86. The van der Waals surface area contributed by atoms with Gasteiger partial charge in [-0.15, -0.1) is 11.3 Å². The standard InChI is InChI=1S/C20H19N3O2S/c1-20(2,3)13-8-11-4-6-21-15(11)9-16(13)23-19(25)12-10-22-14-5-7-26-18(14)17(12)24/h4-10,21H,1-3H3,(H,22,24)(H,23,25). The zero-order chi connectivity index (χ0) is 18.5. The quantitative estimate of drug-likeness (QED) is 0.485. The minimum atomic E-state index is -0.405. The molecule has 0 aliphatic carbocycles. The van der Waals surface area contributed by atoms with E-state index in [1.54, 1.807) is 0 Å². The Balaban J connectivity index is 1.79. The lowest BCUT2D eigenvalue weighted by molar-refractivity contribution is 0.102. The summed E-state index contributed by atoms with van der Waals surface area (Å²) in [6.07, 6.45) is 3.36. The van der Waals surface area contributed by atoms with Gasteiger partial charge in [0.15, 0.2) is 0 Å². The van der Waals surface area contributed by atoms with Gasteiger partial charge in [0, 0.05) is 23.6 Å². The minimum absolute atomic E-state index is 0.117. The lowest BCUT2D eigenvalue weighted by Crippen LogP contribution is -2.23. The first-order valence-electron chi connectivity index (χ1n) is 8.36. The van der Waals surface area contributed by atoms with Crippen molar-refractivity contribution in [3.63, 3.8) is 0 Å². The van der Waals surface area contributed by atoms with E-state index in [2.05, 4.69) is 42.1 Å². The fraction of sp³-hybridized carbons (Fsp3) is 0.200. The Bertz CT molecular complexity index is 1190. The molecule has 0 saturated carbocycles. The second-order valence-corrected chi connectivity index (χ2v) is 8.28.